The number of carbonyl (C=O) groups excluding carboxylic acids is 1. The van der Waals surface area contributed by atoms with Crippen LogP contribution in [0.2, 0.25) is 0 Å². The summed E-state index contributed by atoms with van der Waals surface area (Å²) in [5.74, 6) is -1.83. The van der Waals surface area contributed by atoms with Gasteiger partial charge in [-0.15, -0.1) is 0 Å². The van der Waals surface area contributed by atoms with E-state index in [1.807, 2.05) is 20.8 Å². The highest BCUT2D eigenvalue weighted by atomic mass is 19.1. The van der Waals surface area contributed by atoms with Gasteiger partial charge in [-0.1, -0.05) is 0 Å². The smallest absolute Gasteiger partial charge is 0.410 e. The summed E-state index contributed by atoms with van der Waals surface area (Å²) < 4.78 is 18.8. The summed E-state index contributed by atoms with van der Waals surface area (Å²) in [5.41, 5.74) is 4.94. The highest BCUT2D eigenvalue weighted by molar-refractivity contribution is 5.68. The third kappa shape index (κ3) is 4.50. The average molecular weight is 246 g/mol. The Bertz CT molecular complexity index is 273. The van der Waals surface area contributed by atoms with Gasteiger partial charge < -0.3 is 9.64 Å². The number of alkyl halides is 1. The fraction of sp³-hybridized carbons (Fsp3) is 0.917. The molecular formula is C12H23FN2O2. The number of ether oxygens (including phenoxy) is 1. The maximum atomic E-state index is 13.5. The molecule has 0 aromatic heterocycles. The van der Waals surface area contributed by atoms with E-state index in [9.17, 15) is 9.18 Å². The van der Waals surface area contributed by atoms with Crippen LogP contribution >= 0.6 is 0 Å². The van der Waals surface area contributed by atoms with E-state index >= 15 is 0 Å². The topological polar surface area (TPSA) is 55.6 Å². The number of carbonyl (C=O) groups is 1. The molecule has 1 amide bonds. The van der Waals surface area contributed by atoms with E-state index in [2.05, 4.69) is 0 Å². The molecule has 1 rings (SSSR count). The quantitative estimate of drug-likeness (QED) is 0.722. The van der Waals surface area contributed by atoms with Crippen molar-refractivity contribution in [2.45, 2.75) is 51.9 Å². The number of nitrogens with zero attached hydrogens (tertiary/aromatic N) is 1. The van der Waals surface area contributed by atoms with Crippen molar-refractivity contribution >= 4 is 6.09 Å². The van der Waals surface area contributed by atoms with Gasteiger partial charge >= 0.3 is 6.09 Å². The van der Waals surface area contributed by atoms with Crippen molar-refractivity contribution in [3.63, 3.8) is 0 Å². The maximum absolute atomic E-state index is 13.5. The molecule has 0 aromatic carbocycles. The van der Waals surface area contributed by atoms with E-state index in [4.69, 9.17) is 10.5 Å². The van der Waals surface area contributed by atoms with E-state index in [-0.39, 0.29) is 12.0 Å². The lowest BCUT2D eigenvalue weighted by atomic mass is 9.89. The number of amides is 1. The van der Waals surface area contributed by atoms with E-state index in [0.717, 1.165) is 0 Å². The molecule has 0 aliphatic carbocycles. The summed E-state index contributed by atoms with van der Waals surface area (Å²) >= 11 is 0. The molecule has 4 nitrogen and oxygen atoms in total. The minimum atomic E-state index is -1.65. The minimum Gasteiger partial charge on any atom is -0.444 e. The molecule has 0 aromatic rings. The lowest BCUT2D eigenvalue weighted by Gasteiger charge is -2.36. The first kappa shape index (κ1) is 14.2. The molecule has 1 aliphatic heterocycles. The van der Waals surface area contributed by atoms with Crippen molar-refractivity contribution < 1.29 is 13.9 Å². The number of rotatable bonds is 1. The predicted molar refractivity (Wildman–Crippen MR) is 64.2 cm³/mol. The second kappa shape index (κ2) is 4.80. The van der Waals surface area contributed by atoms with Gasteiger partial charge in [0.2, 0.25) is 0 Å². The fourth-order valence-electron chi connectivity index (χ4n) is 1.95. The maximum Gasteiger partial charge on any atom is 0.410 e. The summed E-state index contributed by atoms with van der Waals surface area (Å²) in [4.78, 5) is 13.4. The second-order valence-electron chi connectivity index (χ2n) is 5.89. The molecule has 0 bridgehead atoms. The van der Waals surface area contributed by atoms with Crippen LogP contribution in [0.1, 0.15) is 40.5 Å². The second-order valence-corrected chi connectivity index (χ2v) is 5.89. The van der Waals surface area contributed by atoms with Crippen LogP contribution < -0.4 is 5.73 Å². The largest absolute Gasteiger partial charge is 0.444 e. The number of likely N-dealkylation sites (tertiary alicyclic amines) is 1. The molecule has 1 aliphatic rings. The number of halogens is 1. The average Bonchev–Trinajstić information content (AvgIpc) is 2.14. The Labute approximate surface area is 102 Å². The fourth-order valence-corrected chi connectivity index (χ4v) is 1.95. The van der Waals surface area contributed by atoms with Gasteiger partial charge in [0.25, 0.3) is 0 Å². The monoisotopic (exact) mass is 246 g/mol. The van der Waals surface area contributed by atoms with Crippen molar-refractivity contribution in [1.82, 2.24) is 4.90 Å². The van der Waals surface area contributed by atoms with Gasteiger partial charge in [0, 0.05) is 19.0 Å². The Morgan fingerprint density at radius 2 is 1.76 bits per heavy atom. The van der Waals surface area contributed by atoms with Gasteiger partial charge in [0.1, 0.15) is 5.60 Å². The Kier molecular flexibility index (Phi) is 4.02. The van der Waals surface area contributed by atoms with Gasteiger partial charge in [-0.2, -0.15) is 0 Å². The summed E-state index contributed by atoms with van der Waals surface area (Å²) in [6.45, 7) is 7.90. The molecule has 1 heterocycles. The van der Waals surface area contributed by atoms with Crippen molar-refractivity contribution in [3.05, 3.63) is 0 Å². The van der Waals surface area contributed by atoms with Crippen LogP contribution in [0, 0.1) is 5.92 Å². The molecule has 1 fully saturated rings. The zero-order valence-electron chi connectivity index (χ0n) is 11.1. The van der Waals surface area contributed by atoms with Crippen molar-refractivity contribution in [2.24, 2.45) is 11.7 Å². The molecular weight excluding hydrogens is 223 g/mol. The zero-order chi connectivity index (χ0) is 13.3. The van der Waals surface area contributed by atoms with Crippen LogP contribution in [-0.2, 0) is 4.74 Å². The van der Waals surface area contributed by atoms with Crippen molar-refractivity contribution in [3.8, 4) is 0 Å². The molecule has 1 saturated heterocycles. The summed E-state index contributed by atoms with van der Waals surface area (Å²) in [7, 11) is 0. The van der Waals surface area contributed by atoms with Crippen molar-refractivity contribution in [1.29, 1.82) is 0 Å². The highest BCUT2D eigenvalue weighted by Gasteiger charge is 2.35. The number of nitrogens with two attached hydrogens (primary N) is 1. The van der Waals surface area contributed by atoms with Crippen LogP contribution in [0.25, 0.3) is 0 Å². The summed E-state index contributed by atoms with van der Waals surface area (Å²) in [5, 5.41) is 0. The third-order valence-corrected chi connectivity index (χ3v) is 2.94. The Balaban J connectivity index is 2.45. The lowest BCUT2D eigenvalue weighted by Crippen LogP contribution is -2.48. The van der Waals surface area contributed by atoms with Gasteiger partial charge in [0.05, 0.1) is 0 Å². The zero-order valence-corrected chi connectivity index (χ0v) is 11.1. The van der Waals surface area contributed by atoms with Gasteiger partial charge in [-0.05, 0) is 40.5 Å². The molecule has 0 spiro atoms. The van der Waals surface area contributed by atoms with E-state index in [1.165, 1.54) is 6.92 Å². The Morgan fingerprint density at radius 1 is 1.29 bits per heavy atom. The molecule has 2 N–H and O–H groups in total. The van der Waals surface area contributed by atoms with Gasteiger partial charge in [-0.3, -0.25) is 5.73 Å². The SMILES string of the molecule is CC(C)(C)OC(=O)N1CCC(C(C)(N)F)CC1. The van der Waals surface area contributed by atoms with Crippen molar-refractivity contribution in [2.75, 3.05) is 13.1 Å². The molecule has 0 radical (unpaired) electrons. The van der Waals surface area contributed by atoms with Gasteiger partial charge in [0.15, 0.2) is 5.79 Å². The molecule has 5 heteroatoms. The molecule has 0 saturated carbocycles. The highest BCUT2D eigenvalue weighted by Crippen LogP contribution is 2.28. The van der Waals surface area contributed by atoms with Crippen LogP contribution in [0.5, 0.6) is 0 Å². The summed E-state index contributed by atoms with van der Waals surface area (Å²) in [6.07, 6.45) is 0.847. The van der Waals surface area contributed by atoms with Crippen LogP contribution in [0.4, 0.5) is 9.18 Å². The first-order chi connectivity index (χ1) is 7.59. The minimum absolute atomic E-state index is 0.179. The number of hydrogen-bond donors (Lipinski definition) is 1. The lowest BCUT2D eigenvalue weighted by molar-refractivity contribution is 0.00524. The predicted octanol–water partition coefficient (Wildman–Crippen LogP) is 2.28. The molecule has 100 valence electrons. The summed E-state index contributed by atoms with van der Waals surface area (Å²) in [6, 6.07) is 0. The number of piperidine rings is 1. The first-order valence-electron chi connectivity index (χ1n) is 6.05. The first-order valence-corrected chi connectivity index (χ1v) is 6.05. The molecule has 17 heavy (non-hydrogen) atoms. The van der Waals surface area contributed by atoms with E-state index < -0.39 is 11.4 Å². The van der Waals surface area contributed by atoms with Crippen LogP contribution in [0.3, 0.4) is 0 Å². The number of hydrogen-bond acceptors (Lipinski definition) is 3. The Morgan fingerprint density at radius 3 is 2.12 bits per heavy atom. The standard InChI is InChI=1S/C12H23FN2O2/c1-11(2,3)17-10(16)15-7-5-9(6-8-15)12(4,13)14/h9H,5-8,14H2,1-4H3. The van der Waals surface area contributed by atoms with E-state index in [0.29, 0.717) is 25.9 Å². The van der Waals surface area contributed by atoms with Crippen LogP contribution in [0.15, 0.2) is 0 Å². The normalized spacial score (nSPS) is 22.1. The van der Waals surface area contributed by atoms with Crippen LogP contribution in [-0.4, -0.2) is 35.5 Å². The Hall–Kier alpha value is -0.840. The molecule has 1 unspecified atom stereocenters. The third-order valence-electron chi connectivity index (χ3n) is 2.94. The molecule has 1 atom stereocenters. The van der Waals surface area contributed by atoms with E-state index in [1.54, 1.807) is 4.90 Å². The van der Waals surface area contributed by atoms with Gasteiger partial charge in [-0.25, -0.2) is 9.18 Å².